The van der Waals surface area contributed by atoms with Gasteiger partial charge in [0, 0.05) is 19.6 Å². The van der Waals surface area contributed by atoms with Crippen LogP contribution in [0.2, 0.25) is 0 Å². The summed E-state index contributed by atoms with van der Waals surface area (Å²) >= 11 is 1.62. The van der Waals surface area contributed by atoms with Gasteiger partial charge in [0.2, 0.25) is 0 Å². The summed E-state index contributed by atoms with van der Waals surface area (Å²) in [6.45, 7) is 8.42. The molecule has 3 rings (SSSR count). The molecule has 136 valence electrons. The van der Waals surface area contributed by atoms with Gasteiger partial charge < -0.3 is 14.4 Å². The summed E-state index contributed by atoms with van der Waals surface area (Å²) in [6, 6.07) is 6.18. The number of ether oxygens (including phenoxy) is 2. The zero-order valence-corrected chi connectivity index (χ0v) is 16.3. The Morgan fingerprint density at radius 3 is 2.80 bits per heavy atom. The zero-order valence-electron chi connectivity index (χ0n) is 15.5. The second kappa shape index (κ2) is 6.92. The molecular weight excluding hydrogens is 336 g/mol. The van der Waals surface area contributed by atoms with Gasteiger partial charge >= 0.3 is 6.09 Å². The molecular formula is C19H26N2O3S. The highest BCUT2D eigenvalue weighted by atomic mass is 32.1. The number of aromatic nitrogens is 1. The number of amides is 1. The van der Waals surface area contributed by atoms with Gasteiger partial charge in [0.05, 0.1) is 27.9 Å². The van der Waals surface area contributed by atoms with E-state index in [1.807, 2.05) is 31.2 Å². The summed E-state index contributed by atoms with van der Waals surface area (Å²) < 4.78 is 12.5. The third-order valence-corrected chi connectivity index (χ3v) is 5.43. The van der Waals surface area contributed by atoms with E-state index in [-0.39, 0.29) is 24.2 Å². The van der Waals surface area contributed by atoms with Crippen LogP contribution in [-0.4, -0.2) is 41.3 Å². The van der Waals surface area contributed by atoms with Crippen LogP contribution in [0.15, 0.2) is 23.7 Å². The molecule has 6 heteroatoms. The van der Waals surface area contributed by atoms with E-state index in [4.69, 9.17) is 9.47 Å². The topological polar surface area (TPSA) is 51.7 Å². The van der Waals surface area contributed by atoms with Gasteiger partial charge in [0.25, 0.3) is 0 Å². The first-order chi connectivity index (χ1) is 11.8. The fourth-order valence-corrected chi connectivity index (χ4v) is 4.04. The molecule has 0 unspecified atom stereocenters. The molecule has 1 fully saturated rings. The second-order valence-corrected chi connectivity index (χ2v) is 8.60. The predicted molar refractivity (Wildman–Crippen MR) is 99.9 cm³/mol. The van der Waals surface area contributed by atoms with Gasteiger partial charge in [-0.2, -0.15) is 0 Å². The second-order valence-electron chi connectivity index (χ2n) is 7.72. The lowest BCUT2D eigenvalue weighted by Gasteiger charge is -2.42. The maximum absolute atomic E-state index is 12.8. The van der Waals surface area contributed by atoms with Crippen LogP contribution in [0.4, 0.5) is 4.79 Å². The number of rotatable bonds is 2. The molecule has 0 aliphatic carbocycles. The molecule has 0 spiro atoms. The van der Waals surface area contributed by atoms with Crippen molar-refractivity contribution in [3.63, 3.8) is 0 Å². The largest absolute Gasteiger partial charge is 0.444 e. The Morgan fingerprint density at radius 1 is 1.36 bits per heavy atom. The summed E-state index contributed by atoms with van der Waals surface area (Å²) in [5, 5.41) is 0. The van der Waals surface area contributed by atoms with E-state index in [0.29, 0.717) is 6.54 Å². The molecule has 25 heavy (non-hydrogen) atoms. The van der Waals surface area contributed by atoms with Crippen LogP contribution in [0.1, 0.15) is 45.7 Å². The van der Waals surface area contributed by atoms with Crippen molar-refractivity contribution in [2.45, 2.75) is 51.9 Å². The monoisotopic (exact) mass is 362 g/mol. The first kappa shape index (κ1) is 18.1. The number of nitrogens with zero attached hydrogens (tertiary/aromatic N) is 2. The molecule has 1 aromatic heterocycles. The highest BCUT2D eigenvalue weighted by Crippen LogP contribution is 2.37. The fraction of sp³-hybridized carbons (Fsp3) is 0.579. The molecule has 2 heterocycles. The first-order valence-corrected chi connectivity index (χ1v) is 9.52. The number of carbonyl (C=O) groups is 1. The lowest BCUT2D eigenvalue weighted by Crippen LogP contribution is -2.49. The van der Waals surface area contributed by atoms with Gasteiger partial charge in [-0.1, -0.05) is 13.0 Å². The van der Waals surface area contributed by atoms with Crippen molar-refractivity contribution < 1.29 is 14.3 Å². The lowest BCUT2D eigenvalue weighted by atomic mass is 9.87. The molecule has 1 saturated heterocycles. The molecule has 1 aliphatic heterocycles. The molecule has 1 aromatic carbocycles. The van der Waals surface area contributed by atoms with Crippen molar-refractivity contribution in [2.75, 3.05) is 13.7 Å². The highest BCUT2D eigenvalue weighted by molar-refractivity contribution is 7.16. The molecule has 0 radical (unpaired) electrons. The summed E-state index contributed by atoms with van der Waals surface area (Å²) in [4.78, 5) is 19.1. The smallest absolute Gasteiger partial charge is 0.410 e. The molecule has 0 saturated carbocycles. The number of fused-ring (bicyclic) bond motifs is 1. The third kappa shape index (κ3) is 3.96. The molecule has 3 atom stereocenters. The number of thiazole rings is 1. The van der Waals surface area contributed by atoms with E-state index in [1.165, 1.54) is 0 Å². The van der Waals surface area contributed by atoms with Gasteiger partial charge in [0.1, 0.15) is 5.60 Å². The van der Waals surface area contributed by atoms with Gasteiger partial charge in [-0.25, -0.2) is 9.78 Å². The van der Waals surface area contributed by atoms with E-state index in [0.717, 1.165) is 22.2 Å². The van der Waals surface area contributed by atoms with Crippen molar-refractivity contribution in [3.8, 4) is 0 Å². The Morgan fingerprint density at radius 2 is 2.12 bits per heavy atom. The average Bonchev–Trinajstić information content (AvgIpc) is 3.00. The summed E-state index contributed by atoms with van der Waals surface area (Å²) in [5.74, 6) is 0.261. The van der Waals surface area contributed by atoms with Crippen LogP contribution in [-0.2, 0) is 9.47 Å². The molecule has 1 aliphatic rings. The highest BCUT2D eigenvalue weighted by Gasteiger charge is 2.38. The number of likely N-dealkylation sites (tertiary alicyclic amines) is 1. The normalized spacial score (nSPS) is 24.5. The van der Waals surface area contributed by atoms with Crippen molar-refractivity contribution in [1.82, 2.24) is 9.88 Å². The number of methoxy groups -OCH3 is 1. The van der Waals surface area contributed by atoms with Crippen LogP contribution >= 0.6 is 11.3 Å². The van der Waals surface area contributed by atoms with Crippen LogP contribution < -0.4 is 0 Å². The Kier molecular flexibility index (Phi) is 5.02. The summed E-state index contributed by atoms with van der Waals surface area (Å²) in [7, 11) is 1.74. The Labute approximate surface area is 152 Å². The van der Waals surface area contributed by atoms with Crippen molar-refractivity contribution in [1.29, 1.82) is 0 Å². The lowest BCUT2D eigenvalue weighted by molar-refractivity contribution is -0.0416. The van der Waals surface area contributed by atoms with Crippen LogP contribution in [0.3, 0.4) is 0 Å². The van der Waals surface area contributed by atoms with Crippen LogP contribution in [0, 0.1) is 5.92 Å². The number of hydrogen-bond acceptors (Lipinski definition) is 5. The number of benzene rings is 1. The van der Waals surface area contributed by atoms with E-state index in [2.05, 4.69) is 30.1 Å². The van der Waals surface area contributed by atoms with Crippen molar-refractivity contribution >= 4 is 27.6 Å². The van der Waals surface area contributed by atoms with Gasteiger partial charge in [-0.05, 0) is 44.9 Å². The minimum atomic E-state index is -0.512. The number of carbonyl (C=O) groups excluding carboxylic acids is 1. The predicted octanol–water partition coefficient (Wildman–Crippen LogP) is 4.63. The SMILES string of the molecule is CO[C@@H]1C[C@@H](c2ccc3scnc3c2)N(C(=O)OC(C)(C)C)C[C@@H]1C. The third-order valence-electron chi connectivity index (χ3n) is 4.62. The fourth-order valence-electron chi connectivity index (χ4n) is 3.38. The van der Waals surface area contributed by atoms with Crippen molar-refractivity contribution in [3.05, 3.63) is 29.3 Å². The maximum Gasteiger partial charge on any atom is 0.410 e. The number of piperidine rings is 1. The van der Waals surface area contributed by atoms with E-state index in [1.54, 1.807) is 18.4 Å². The minimum Gasteiger partial charge on any atom is -0.444 e. The van der Waals surface area contributed by atoms with E-state index >= 15 is 0 Å². The average molecular weight is 362 g/mol. The van der Waals surface area contributed by atoms with Gasteiger partial charge in [0.15, 0.2) is 0 Å². The first-order valence-electron chi connectivity index (χ1n) is 8.64. The van der Waals surface area contributed by atoms with Crippen LogP contribution in [0.5, 0.6) is 0 Å². The summed E-state index contributed by atoms with van der Waals surface area (Å²) in [6.07, 6.45) is 0.610. The molecule has 0 bridgehead atoms. The molecule has 5 nitrogen and oxygen atoms in total. The van der Waals surface area contributed by atoms with Gasteiger partial charge in [-0.15, -0.1) is 11.3 Å². The summed E-state index contributed by atoms with van der Waals surface area (Å²) in [5.41, 5.74) is 3.39. The molecule has 1 amide bonds. The maximum atomic E-state index is 12.8. The van der Waals surface area contributed by atoms with Gasteiger partial charge in [-0.3, -0.25) is 0 Å². The minimum absolute atomic E-state index is 0.0675. The molecule has 2 aromatic rings. The van der Waals surface area contributed by atoms with E-state index < -0.39 is 5.60 Å². The zero-order chi connectivity index (χ0) is 18.2. The Bertz CT molecular complexity index is 752. The quantitative estimate of drug-likeness (QED) is 0.781. The van der Waals surface area contributed by atoms with Crippen LogP contribution in [0.25, 0.3) is 10.2 Å². The number of hydrogen-bond donors (Lipinski definition) is 0. The Balaban J connectivity index is 1.93. The van der Waals surface area contributed by atoms with E-state index in [9.17, 15) is 4.79 Å². The molecule has 0 N–H and O–H groups in total. The Hall–Kier alpha value is -1.66. The van der Waals surface area contributed by atoms with Crippen molar-refractivity contribution in [2.24, 2.45) is 5.92 Å². The standard InChI is InChI=1S/C19H26N2O3S/c1-12-10-21(18(22)24-19(2,3)4)15(9-16(12)23-5)13-6-7-17-14(8-13)20-11-25-17/h6-8,11-12,15-16H,9-10H2,1-5H3/t12-,15-,16+/m0/s1.